The molecular weight excluding hydrogens is 298 g/mol. The van der Waals surface area contributed by atoms with Crippen molar-refractivity contribution < 1.29 is 8.42 Å². The van der Waals surface area contributed by atoms with Crippen LogP contribution in [0, 0.1) is 6.92 Å². The normalized spacial score (nSPS) is 18.5. The molecule has 0 unspecified atom stereocenters. The van der Waals surface area contributed by atoms with Crippen LogP contribution in [0.5, 0.6) is 0 Å². The Balaban J connectivity index is 1.79. The molecule has 20 heavy (non-hydrogen) atoms. The van der Waals surface area contributed by atoms with E-state index < -0.39 is 10.0 Å². The van der Waals surface area contributed by atoms with Gasteiger partial charge in [0.15, 0.2) is 0 Å². The minimum absolute atomic E-state index is 0.0480. The second kappa shape index (κ2) is 6.38. The number of nitrogens with zero attached hydrogens (tertiary/aromatic N) is 2. The van der Waals surface area contributed by atoms with Crippen LogP contribution in [0.4, 0.5) is 0 Å². The summed E-state index contributed by atoms with van der Waals surface area (Å²) in [4.78, 5) is 14.0. The van der Waals surface area contributed by atoms with Gasteiger partial charge in [-0.15, -0.1) is 0 Å². The number of sulfonamides is 1. The number of piperidine rings is 1. The SMILES string of the molecule is Cc1csc(=O)n1CCN1CCC(NS(C)(=O)=O)CC1. The minimum atomic E-state index is -3.11. The molecule has 0 radical (unpaired) electrons. The molecule has 6 nitrogen and oxygen atoms in total. The zero-order valence-corrected chi connectivity index (χ0v) is 13.5. The first-order valence-corrected chi connectivity index (χ1v) is 9.47. The van der Waals surface area contributed by atoms with Gasteiger partial charge in [0.25, 0.3) is 0 Å². The summed E-state index contributed by atoms with van der Waals surface area (Å²) in [5.74, 6) is 0. The molecule has 1 fully saturated rings. The van der Waals surface area contributed by atoms with Crippen LogP contribution in [-0.4, -0.2) is 49.8 Å². The highest BCUT2D eigenvalue weighted by atomic mass is 32.2. The van der Waals surface area contributed by atoms with E-state index in [1.165, 1.54) is 17.6 Å². The van der Waals surface area contributed by atoms with Crippen molar-refractivity contribution in [1.82, 2.24) is 14.2 Å². The van der Waals surface area contributed by atoms with Crippen molar-refractivity contribution in [3.8, 4) is 0 Å². The summed E-state index contributed by atoms with van der Waals surface area (Å²) >= 11 is 1.24. The van der Waals surface area contributed by atoms with Crippen LogP contribution in [-0.2, 0) is 16.6 Å². The Hall–Kier alpha value is -0.700. The predicted octanol–water partition coefficient (Wildman–Crippen LogP) is 0.232. The Labute approximate surface area is 123 Å². The lowest BCUT2D eigenvalue weighted by atomic mass is 10.1. The van der Waals surface area contributed by atoms with Gasteiger partial charge in [0.05, 0.1) is 6.26 Å². The molecule has 0 bridgehead atoms. The molecule has 1 saturated heterocycles. The summed E-state index contributed by atoms with van der Waals surface area (Å²) in [6.07, 6.45) is 2.85. The van der Waals surface area contributed by atoms with Crippen molar-refractivity contribution in [3.05, 3.63) is 20.7 Å². The molecule has 1 N–H and O–H groups in total. The molecule has 8 heteroatoms. The topological polar surface area (TPSA) is 71.4 Å². The van der Waals surface area contributed by atoms with Gasteiger partial charge in [-0.25, -0.2) is 13.1 Å². The molecule has 0 saturated carbocycles. The highest BCUT2D eigenvalue weighted by molar-refractivity contribution is 7.88. The molecule has 2 rings (SSSR count). The van der Waals surface area contributed by atoms with Crippen LogP contribution < -0.4 is 9.60 Å². The van der Waals surface area contributed by atoms with E-state index in [1.54, 1.807) is 4.57 Å². The second-order valence-corrected chi connectivity index (χ2v) is 7.90. The number of aryl methyl sites for hydroxylation is 1. The van der Waals surface area contributed by atoms with Gasteiger partial charge in [-0.2, -0.15) is 0 Å². The number of nitrogens with one attached hydrogen (secondary N) is 1. The number of likely N-dealkylation sites (tertiary alicyclic amines) is 1. The molecule has 114 valence electrons. The lowest BCUT2D eigenvalue weighted by molar-refractivity contribution is 0.200. The second-order valence-electron chi connectivity index (χ2n) is 5.30. The van der Waals surface area contributed by atoms with Gasteiger partial charge in [0, 0.05) is 30.2 Å². The van der Waals surface area contributed by atoms with Crippen molar-refractivity contribution in [1.29, 1.82) is 0 Å². The van der Waals surface area contributed by atoms with E-state index in [9.17, 15) is 13.2 Å². The summed E-state index contributed by atoms with van der Waals surface area (Å²) in [7, 11) is -3.11. The Morgan fingerprint density at radius 2 is 2.00 bits per heavy atom. The third-order valence-corrected chi connectivity index (χ3v) is 5.23. The Kier molecular flexibility index (Phi) is 5.00. The van der Waals surface area contributed by atoms with E-state index in [1.807, 2.05) is 12.3 Å². The van der Waals surface area contributed by atoms with Crippen LogP contribution in [0.25, 0.3) is 0 Å². The van der Waals surface area contributed by atoms with Crippen molar-refractivity contribution in [2.45, 2.75) is 32.4 Å². The van der Waals surface area contributed by atoms with Crippen molar-refractivity contribution in [3.63, 3.8) is 0 Å². The van der Waals surface area contributed by atoms with E-state index in [0.717, 1.165) is 38.2 Å². The first-order valence-electron chi connectivity index (χ1n) is 6.70. The average molecular weight is 319 g/mol. The Morgan fingerprint density at radius 1 is 1.35 bits per heavy atom. The smallest absolute Gasteiger partial charge is 0.302 e. The molecule has 0 amide bonds. The molecule has 2 heterocycles. The summed E-state index contributed by atoms with van der Waals surface area (Å²) in [6.45, 7) is 5.22. The summed E-state index contributed by atoms with van der Waals surface area (Å²) in [5, 5.41) is 1.88. The van der Waals surface area contributed by atoms with E-state index >= 15 is 0 Å². The minimum Gasteiger partial charge on any atom is -0.302 e. The largest absolute Gasteiger partial charge is 0.307 e. The summed E-state index contributed by atoms with van der Waals surface area (Å²) in [5.41, 5.74) is 1.01. The number of thiazole rings is 1. The van der Waals surface area contributed by atoms with Gasteiger partial charge >= 0.3 is 4.87 Å². The predicted molar refractivity (Wildman–Crippen MR) is 80.8 cm³/mol. The highest BCUT2D eigenvalue weighted by Gasteiger charge is 2.21. The lowest BCUT2D eigenvalue weighted by Gasteiger charge is -2.31. The van der Waals surface area contributed by atoms with E-state index in [4.69, 9.17) is 0 Å². The third kappa shape index (κ3) is 4.41. The molecule has 1 aliphatic rings. The van der Waals surface area contributed by atoms with Gasteiger partial charge in [0.2, 0.25) is 10.0 Å². The first-order chi connectivity index (χ1) is 9.35. The Bertz CT molecular complexity index is 598. The average Bonchev–Trinajstić information content (AvgIpc) is 2.67. The molecule has 1 aromatic heterocycles. The van der Waals surface area contributed by atoms with Crippen LogP contribution in [0.15, 0.2) is 10.2 Å². The van der Waals surface area contributed by atoms with E-state index in [0.29, 0.717) is 6.54 Å². The zero-order chi connectivity index (χ0) is 14.8. The first kappa shape index (κ1) is 15.7. The maximum Gasteiger partial charge on any atom is 0.307 e. The van der Waals surface area contributed by atoms with E-state index in [2.05, 4.69) is 9.62 Å². The Morgan fingerprint density at radius 3 is 2.50 bits per heavy atom. The van der Waals surface area contributed by atoms with Crippen LogP contribution in [0.1, 0.15) is 18.5 Å². The van der Waals surface area contributed by atoms with Crippen LogP contribution in [0.3, 0.4) is 0 Å². The van der Waals surface area contributed by atoms with Crippen LogP contribution in [0.2, 0.25) is 0 Å². The lowest BCUT2D eigenvalue weighted by Crippen LogP contribution is -2.45. The van der Waals surface area contributed by atoms with E-state index in [-0.39, 0.29) is 10.9 Å². The number of hydrogen-bond donors (Lipinski definition) is 1. The monoisotopic (exact) mass is 319 g/mol. The van der Waals surface area contributed by atoms with Gasteiger partial charge in [0.1, 0.15) is 0 Å². The van der Waals surface area contributed by atoms with Gasteiger partial charge in [-0.1, -0.05) is 11.3 Å². The number of aromatic nitrogens is 1. The van der Waals surface area contributed by atoms with Gasteiger partial charge < -0.3 is 9.47 Å². The molecular formula is C12H21N3O3S2. The molecule has 0 aliphatic carbocycles. The zero-order valence-electron chi connectivity index (χ0n) is 11.8. The number of hydrogen-bond acceptors (Lipinski definition) is 5. The maximum absolute atomic E-state index is 11.6. The third-order valence-electron chi connectivity index (χ3n) is 3.58. The highest BCUT2D eigenvalue weighted by Crippen LogP contribution is 2.11. The standard InChI is InChI=1S/C12H21N3O3S2/c1-10-9-19-12(16)15(10)8-7-14-5-3-11(4-6-14)13-20(2,17)18/h9,11,13H,3-8H2,1-2H3. The van der Waals surface area contributed by atoms with Crippen molar-refractivity contribution >= 4 is 21.4 Å². The van der Waals surface area contributed by atoms with Gasteiger partial charge in [-0.05, 0) is 32.9 Å². The fourth-order valence-electron chi connectivity index (χ4n) is 2.49. The summed E-state index contributed by atoms with van der Waals surface area (Å²) < 4.78 is 26.8. The van der Waals surface area contributed by atoms with Crippen molar-refractivity contribution in [2.24, 2.45) is 0 Å². The quantitative estimate of drug-likeness (QED) is 0.843. The van der Waals surface area contributed by atoms with Gasteiger partial charge in [-0.3, -0.25) is 4.79 Å². The fourth-order valence-corrected chi connectivity index (χ4v) is 4.10. The molecule has 0 spiro atoms. The summed E-state index contributed by atoms with van der Waals surface area (Å²) in [6, 6.07) is 0.0480. The van der Waals surface area contributed by atoms with Crippen LogP contribution >= 0.6 is 11.3 Å². The molecule has 0 aromatic carbocycles. The number of rotatable bonds is 5. The van der Waals surface area contributed by atoms with Crippen molar-refractivity contribution in [2.75, 3.05) is 25.9 Å². The fraction of sp³-hybridized carbons (Fsp3) is 0.750. The molecule has 1 aromatic rings. The maximum atomic E-state index is 11.6. The molecule has 0 atom stereocenters. The molecule has 1 aliphatic heterocycles.